The number of pyridine rings is 1. The summed E-state index contributed by atoms with van der Waals surface area (Å²) in [6.07, 6.45) is 2.99. The van der Waals surface area contributed by atoms with Crippen molar-refractivity contribution in [1.82, 2.24) is 24.8 Å². The first-order valence-electron chi connectivity index (χ1n) is 11.0. The second kappa shape index (κ2) is 10.6. The Labute approximate surface area is 202 Å². The highest BCUT2D eigenvalue weighted by atomic mass is 35.5. The van der Waals surface area contributed by atoms with Crippen LogP contribution in [0, 0.1) is 0 Å². The molecule has 0 radical (unpaired) electrons. The van der Waals surface area contributed by atoms with E-state index in [4.69, 9.17) is 22.1 Å². The lowest BCUT2D eigenvalue weighted by Gasteiger charge is -2.40. The molecular weight excluding hydrogens is 458 g/mol. The number of aromatic nitrogens is 3. The number of carbonyl (C=O) groups excluding carboxylic acids is 2. The summed E-state index contributed by atoms with van der Waals surface area (Å²) >= 11 is 6.06. The van der Waals surface area contributed by atoms with E-state index in [-0.39, 0.29) is 30.1 Å². The van der Waals surface area contributed by atoms with Gasteiger partial charge in [-0.25, -0.2) is 15.0 Å². The number of fused-ring (bicyclic) bond motifs is 1. The van der Waals surface area contributed by atoms with Gasteiger partial charge < -0.3 is 25.6 Å². The van der Waals surface area contributed by atoms with Gasteiger partial charge in [0.2, 0.25) is 11.8 Å². The Balaban J connectivity index is 1.46. The van der Waals surface area contributed by atoms with Crippen molar-refractivity contribution in [3.63, 3.8) is 0 Å². The molecule has 1 aromatic carbocycles. The Hall–Kier alpha value is -3.50. The number of hydrogen-bond donors (Lipinski definition) is 2. The number of halogens is 1. The summed E-state index contributed by atoms with van der Waals surface area (Å²) < 4.78 is 5.55. The molecule has 1 aliphatic heterocycles. The van der Waals surface area contributed by atoms with Crippen molar-refractivity contribution in [2.45, 2.75) is 19.5 Å². The van der Waals surface area contributed by atoms with Crippen LogP contribution in [-0.2, 0) is 20.9 Å². The van der Waals surface area contributed by atoms with Gasteiger partial charge in [0, 0.05) is 37.8 Å². The molecule has 0 bridgehead atoms. The van der Waals surface area contributed by atoms with E-state index >= 15 is 0 Å². The highest BCUT2D eigenvalue weighted by molar-refractivity contribution is 6.32. The number of piperazine rings is 1. The van der Waals surface area contributed by atoms with Gasteiger partial charge in [-0.3, -0.25) is 9.59 Å². The van der Waals surface area contributed by atoms with Crippen LogP contribution in [0.25, 0.3) is 10.9 Å². The van der Waals surface area contributed by atoms with Gasteiger partial charge in [-0.1, -0.05) is 17.7 Å². The van der Waals surface area contributed by atoms with Crippen LogP contribution >= 0.6 is 11.6 Å². The molecule has 1 unspecified atom stereocenters. The number of hydrogen-bond acceptors (Lipinski definition) is 8. The molecular formula is C23H26ClN7O3. The van der Waals surface area contributed by atoms with Crippen LogP contribution in [0.1, 0.15) is 12.5 Å². The van der Waals surface area contributed by atoms with Crippen LogP contribution in [-0.4, -0.2) is 75.5 Å². The number of nitrogens with one attached hydrogen (secondary N) is 1. The van der Waals surface area contributed by atoms with Crippen LogP contribution in [0.4, 0.5) is 11.5 Å². The first-order chi connectivity index (χ1) is 16.5. The molecule has 0 aliphatic carbocycles. The molecule has 2 amide bonds. The van der Waals surface area contributed by atoms with Gasteiger partial charge in [-0.2, -0.15) is 0 Å². The second-order valence-corrected chi connectivity index (χ2v) is 8.19. The Morgan fingerprint density at radius 2 is 2.12 bits per heavy atom. The number of carbonyl (C=O) groups is 2. The summed E-state index contributed by atoms with van der Waals surface area (Å²) in [4.78, 5) is 41.9. The van der Waals surface area contributed by atoms with Crippen molar-refractivity contribution in [3.8, 4) is 0 Å². The van der Waals surface area contributed by atoms with Gasteiger partial charge in [0.1, 0.15) is 18.2 Å². The highest BCUT2D eigenvalue weighted by Gasteiger charge is 2.37. The van der Waals surface area contributed by atoms with Gasteiger partial charge in [-0.05, 0) is 36.8 Å². The predicted octanol–water partition coefficient (Wildman–Crippen LogP) is 1.95. The van der Waals surface area contributed by atoms with E-state index in [1.165, 1.54) is 6.33 Å². The molecule has 1 aliphatic rings. The van der Waals surface area contributed by atoms with E-state index in [2.05, 4.69) is 20.3 Å². The molecule has 0 saturated carbocycles. The SMILES string of the molecule is CCOCC1C(=O)N(Cc2ccc3c(N)ncnc3c2)CCN1C(=O)CNc1cccnc1Cl. The fourth-order valence-corrected chi connectivity index (χ4v) is 4.10. The van der Waals surface area contributed by atoms with Gasteiger partial charge in [0.25, 0.3) is 0 Å². The Morgan fingerprint density at radius 3 is 2.91 bits per heavy atom. The summed E-state index contributed by atoms with van der Waals surface area (Å²) in [6.45, 7) is 3.62. The van der Waals surface area contributed by atoms with Crippen LogP contribution in [0.5, 0.6) is 0 Å². The van der Waals surface area contributed by atoms with E-state index in [1.807, 2.05) is 25.1 Å². The standard InChI is InChI=1S/C23H26ClN7O3/c1-2-34-13-19-23(33)30(12-15-5-6-16-18(10-15)28-14-29-22(16)25)8-9-31(19)20(32)11-27-17-4-3-7-26-21(17)24/h3-7,10,14,19,27H,2,8-9,11-13H2,1H3,(H2,25,28,29). The van der Waals surface area contributed by atoms with Crippen molar-refractivity contribution >= 4 is 45.8 Å². The van der Waals surface area contributed by atoms with Crippen molar-refractivity contribution < 1.29 is 14.3 Å². The Bertz CT molecular complexity index is 1190. The van der Waals surface area contributed by atoms with E-state index in [0.29, 0.717) is 37.7 Å². The first kappa shape index (κ1) is 23.7. The van der Waals surface area contributed by atoms with Gasteiger partial charge >= 0.3 is 0 Å². The fraction of sp³-hybridized carbons (Fsp3) is 0.348. The van der Waals surface area contributed by atoms with Crippen LogP contribution in [0.2, 0.25) is 5.15 Å². The average molecular weight is 484 g/mol. The number of nitrogens with zero attached hydrogens (tertiary/aromatic N) is 5. The quantitative estimate of drug-likeness (QED) is 0.465. The third-order valence-electron chi connectivity index (χ3n) is 5.68. The zero-order valence-electron chi connectivity index (χ0n) is 18.8. The summed E-state index contributed by atoms with van der Waals surface area (Å²) in [5.41, 5.74) is 8.11. The first-order valence-corrected chi connectivity index (χ1v) is 11.3. The summed E-state index contributed by atoms with van der Waals surface area (Å²) in [7, 11) is 0. The molecule has 0 spiro atoms. The molecule has 3 aromatic rings. The van der Waals surface area contributed by atoms with Crippen molar-refractivity contribution in [1.29, 1.82) is 0 Å². The number of amides is 2. The number of nitrogens with two attached hydrogens (primary N) is 1. The van der Waals surface area contributed by atoms with Crippen molar-refractivity contribution in [2.75, 3.05) is 43.9 Å². The van der Waals surface area contributed by atoms with Gasteiger partial charge in [-0.15, -0.1) is 0 Å². The molecule has 10 nitrogen and oxygen atoms in total. The molecule has 4 rings (SSSR count). The topological polar surface area (TPSA) is 127 Å². The molecule has 11 heteroatoms. The number of rotatable bonds is 8. The van der Waals surface area contributed by atoms with E-state index in [0.717, 1.165) is 16.5 Å². The Kier molecular flexibility index (Phi) is 7.39. The van der Waals surface area contributed by atoms with E-state index in [9.17, 15) is 9.59 Å². The highest BCUT2D eigenvalue weighted by Crippen LogP contribution is 2.22. The molecule has 1 fully saturated rings. The normalized spacial score (nSPS) is 16.2. The minimum absolute atomic E-state index is 0.00683. The molecule has 1 saturated heterocycles. The number of benzene rings is 1. The molecule has 2 aromatic heterocycles. The van der Waals surface area contributed by atoms with E-state index in [1.54, 1.807) is 28.1 Å². The third kappa shape index (κ3) is 5.18. The predicted molar refractivity (Wildman–Crippen MR) is 129 cm³/mol. The monoisotopic (exact) mass is 483 g/mol. The maximum absolute atomic E-state index is 13.4. The molecule has 34 heavy (non-hydrogen) atoms. The molecule has 3 N–H and O–H groups in total. The lowest BCUT2D eigenvalue weighted by Crippen LogP contribution is -2.60. The number of ether oxygens (including phenoxy) is 1. The zero-order valence-corrected chi connectivity index (χ0v) is 19.5. The van der Waals surface area contributed by atoms with Crippen molar-refractivity contribution in [3.05, 3.63) is 53.6 Å². The van der Waals surface area contributed by atoms with Gasteiger partial charge in [0.15, 0.2) is 5.15 Å². The number of anilines is 2. The van der Waals surface area contributed by atoms with Gasteiger partial charge in [0.05, 0.1) is 24.4 Å². The van der Waals surface area contributed by atoms with E-state index < -0.39 is 6.04 Å². The van der Waals surface area contributed by atoms with Crippen LogP contribution < -0.4 is 11.1 Å². The minimum Gasteiger partial charge on any atom is -0.383 e. The zero-order chi connectivity index (χ0) is 24.1. The smallest absolute Gasteiger partial charge is 0.248 e. The maximum atomic E-state index is 13.4. The van der Waals surface area contributed by atoms with Crippen molar-refractivity contribution in [2.24, 2.45) is 0 Å². The largest absolute Gasteiger partial charge is 0.383 e. The fourth-order valence-electron chi connectivity index (χ4n) is 3.92. The minimum atomic E-state index is -0.703. The second-order valence-electron chi connectivity index (χ2n) is 7.83. The molecule has 3 heterocycles. The summed E-state index contributed by atoms with van der Waals surface area (Å²) in [6, 6.07) is 8.43. The Morgan fingerprint density at radius 1 is 1.26 bits per heavy atom. The summed E-state index contributed by atoms with van der Waals surface area (Å²) in [5, 5.41) is 4.05. The average Bonchev–Trinajstić information content (AvgIpc) is 2.84. The molecule has 178 valence electrons. The maximum Gasteiger partial charge on any atom is 0.248 e. The lowest BCUT2D eigenvalue weighted by molar-refractivity contribution is -0.154. The van der Waals surface area contributed by atoms with Crippen LogP contribution in [0.15, 0.2) is 42.9 Å². The third-order valence-corrected chi connectivity index (χ3v) is 5.98. The van der Waals surface area contributed by atoms with Crippen LogP contribution in [0.3, 0.4) is 0 Å². The summed E-state index contributed by atoms with van der Waals surface area (Å²) in [5.74, 6) is 0.0444. The molecule has 1 atom stereocenters. The number of nitrogen functional groups attached to an aromatic ring is 1. The lowest BCUT2D eigenvalue weighted by atomic mass is 10.1.